The molecule has 0 saturated carbocycles. The first-order chi connectivity index (χ1) is 18.7. The largest absolute Gasteiger partial charge is 0.507 e. The van der Waals surface area contributed by atoms with Crippen molar-refractivity contribution in [3.05, 3.63) is 93.5 Å². The Morgan fingerprint density at radius 2 is 1.30 bits per heavy atom. The van der Waals surface area contributed by atoms with Crippen molar-refractivity contribution in [1.29, 1.82) is 0 Å². The zero-order chi connectivity index (χ0) is 29.6. The van der Waals surface area contributed by atoms with Gasteiger partial charge in [-0.05, 0) is 45.7 Å². The van der Waals surface area contributed by atoms with E-state index in [0.29, 0.717) is 17.0 Å². The minimum atomic E-state index is -0.875. The minimum absolute atomic E-state index is 0.0482. The standard InChI is InChI=1S/C33H36ClNO5/c1-32(2,3)20-11-9-19(10-12-20)28-27(29(36)23-17-24(34)26(40-8)18-25(23)39-7)30(37)31(38)35(28)22-15-13-21(14-16-22)33(4,5)6/h9-18,28,36H,1-8H3/b29-27+. The van der Waals surface area contributed by atoms with E-state index in [0.717, 1.165) is 11.1 Å². The number of ketones is 1. The van der Waals surface area contributed by atoms with Crippen molar-refractivity contribution in [2.45, 2.75) is 58.4 Å². The highest BCUT2D eigenvalue weighted by atomic mass is 35.5. The van der Waals surface area contributed by atoms with Crippen LogP contribution in [0.25, 0.3) is 5.76 Å². The molecule has 1 saturated heterocycles. The molecule has 40 heavy (non-hydrogen) atoms. The summed E-state index contributed by atoms with van der Waals surface area (Å²) in [6.45, 7) is 12.7. The zero-order valence-electron chi connectivity index (χ0n) is 24.3. The Morgan fingerprint density at radius 1 is 0.800 bits per heavy atom. The van der Waals surface area contributed by atoms with Gasteiger partial charge in [-0.2, -0.15) is 0 Å². The second-order valence-corrected chi connectivity index (χ2v) is 12.4. The fraction of sp³-hybridized carbons (Fsp3) is 0.333. The van der Waals surface area contributed by atoms with Crippen molar-refractivity contribution >= 4 is 34.7 Å². The molecule has 3 aromatic rings. The Hall–Kier alpha value is -3.77. The van der Waals surface area contributed by atoms with Crippen molar-refractivity contribution in [3.63, 3.8) is 0 Å². The van der Waals surface area contributed by atoms with E-state index in [-0.39, 0.29) is 38.5 Å². The summed E-state index contributed by atoms with van der Waals surface area (Å²) in [6, 6.07) is 17.5. The fourth-order valence-electron chi connectivity index (χ4n) is 4.89. The zero-order valence-corrected chi connectivity index (χ0v) is 25.0. The lowest BCUT2D eigenvalue weighted by Gasteiger charge is -2.27. The van der Waals surface area contributed by atoms with E-state index in [1.807, 2.05) is 48.5 Å². The fourth-order valence-corrected chi connectivity index (χ4v) is 5.13. The number of nitrogens with zero attached hydrogens (tertiary/aromatic N) is 1. The van der Waals surface area contributed by atoms with Crippen LogP contribution in [0.1, 0.15) is 69.8 Å². The number of anilines is 1. The first kappa shape index (κ1) is 29.2. The van der Waals surface area contributed by atoms with Crippen LogP contribution < -0.4 is 14.4 Å². The van der Waals surface area contributed by atoms with E-state index >= 15 is 0 Å². The highest BCUT2D eigenvalue weighted by Crippen LogP contribution is 2.45. The summed E-state index contributed by atoms with van der Waals surface area (Å²) in [5, 5.41) is 11.9. The smallest absolute Gasteiger partial charge is 0.300 e. The Labute approximate surface area is 241 Å². The molecule has 1 unspecified atom stereocenters. The van der Waals surface area contributed by atoms with Gasteiger partial charge in [0.05, 0.1) is 36.4 Å². The molecule has 0 bridgehead atoms. The summed E-state index contributed by atoms with van der Waals surface area (Å²) in [6.07, 6.45) is 0. The highest BCUT2D eigenvalue weighted by molar-refractivity contribution is 6.51. The van der Waals surface area contributed by atoms with Gasteiger partial charge < -0.3 is 14.6 Å². The van der Waals surface area contributed by atoms with Gasteiger partial charge in [0.1, 0.15) is 17.3 Å². The summed E-state index contributed by atoms with van der Waals surface area (Å²) in [7, 11) is 2.91. The molecule has 0 aliphatic carbocycles. The Bertz CT molecular complexity index is 1480. The number of rotatable bonds is 5. The molecule has 4 rings (SSSR count). The third-order valence-electron chi connectivity index (χ3n) is 7.28. The summed E-state index contributed by atoms with van der Waals surface area (Å²) >= 11 is 6.39. The van der Waals surface area contributed by atoms with Crippen LogP contribution in [0.5, 0.6) is 11.5 Å². The molecule has 1 fully saturated rings. The van der Waals surface area contributed by atoms with E-state index in [1.54, 1.807) is 0 Å². The molecule has 1 aliphatic rings. The minimum Gasteiger partial charge on any atom is -0.507 e. The number of methoxy groups -OCH3 is 2. The molecule has 6 nitrogen and oxygen atoms in total. The Balaban J connectivity index is 1.96. The highest BCUT2D eigenvalue weighted by Gasteiger charge is 2.47. The third kappa shape index (κ3) is 5.33. The molecule has 0 aromatic heterocycles. The van der Waals surface area contributed by atoms with Gasteiger partial charge in [-0.15, -0.1) is 0 Å². The molecular weight excluding hydrogens is 526 g/mol. The maximum atomic E-state index is 13.6. The SMILES string of the molecule is COc1cc(OC)c(/C(O)=C2\C(=O)C(=O)N(c3ccc(C(C)(C)C)cc3)C2c2ccc(C(C)(C)C)cc2)cc1Cl. The van der Waals surface area contributed by atoms with Crippen LogP contribution in [-0.2, 0) is 20.4 Å². The van der Waals surface area contributed by atoms with E-state index < -0.39 is 17.7 Å². The summed E-state index contributed by atoms with van der Waals surface area (Å²) < 4.78 is 10.8. The van der Waals surface area contributed by atoms with E-state index in [4.69, 9.17) is 21.1 Å². The van der Waals surface area contributed by atoms with Crippen molar-refractivity contribution in [3.8, 4) is 11.5 Å². The van der Waals surface area contributed by atoms with Gasteiger partial charge >= 0.3 is 0 Å². The predicted octanol–water partition coefficient (Wildman–Crippen LogP) is 7.58. The van der Waals surface area contributed by atoms with Crippen molar-refractivity contribution < 1.29 is 24.2 Å². The lowest BCUT2D eigenvalue weighted by molar-refractivity contribution is -0.132. The average molecular weight is 562 g/mol. The van der Waals surface area contributed by atoms with Gasteiger partial charge in [0, 0.05) is 11.8 Å². The summed E-state index contributed by atoms with van der Waals surface area (Å²) in [5.41, 5.74) is 3.41. The summed E-state index contributed by atoms with van der Waals surface area (Å²) in [4.78, 5) is 28.7. The molecule has 1 aliphatic heterocycles. The Kier molecular flexibility index (Phi) is 7.79. The molecule has 1 N–H and O–H groups in total. The van der Waals surface area contributed by atoms with Crippen LogP contribution in [0, 0.1) is 0 Å². The normalized spacial score (nSPS) is 17.3. The molecule has 1 atom stereocenters. The van der Waals surface area contributed by atoms with Crippen LogP contribution in [-0.4, -0.2) is 31.0 Å². The molecule has 0 radical (unpaired) electrons. The topological polar surface area (TPSA) is 76.1 Å². The number of halogens is 1. The number of hydrogen-bond donors (Lipinski definition) is 1. The second-order valence-electron chi connectivity index (χ2n) is 12.0. The Morgan fingerprint density at radius 3 is 1.77 bits per heavy atom. The van der Waals surface area contributed by atoms with Gasteiger partial charge in [0.25, 0.3) is 11.7 Å². The number of hydrogen-bond acceptors (Lipinski definition) is 5. The van der Waals surface area contributed by atoms with Crippen molar-refractivity contribution in [1.82, 2.24) is 0 Å². The number of Topliss-reactive ketones (excluding diaryl/α,β-unsaturated/α-hetero) is 1. The first-order valence-corrected chi connectivity index (χ1v) is 13.5. The molecule has 3 aromatic carbocycles. The lowest BCUT2D eigenvalue weighted by atomic mass is 9.85. The lowest BCUT2D eigenvalue weighted by Crippen LogP contribution is -2.29. The van der Waals surface area contributed by atoms with Crippen LogP contribution in [0.15, 0.2) is 66.2 Å². The van der Waals surface area contributed by atoms with Gasteiger partial charge in [-0.3, -0.25) is 14.5 Å². The maximum absolute atomic E-state index is 13.6. The number of ether oxygens (including phenoxy) is 2. The van der Waals surface area contributed by atoms with Gasteiger partial charge in [0.2, 0.25) is 0 Å². The summed E-state index contributed by atoms with van der Waals surface area (Å²) in [5.74, 6) is -1.30. The molecule has 7 heteroatoms. The second kappa shape index (κ2) is 10.7. The number of carbonyl (C=O) groups is 2. The van der Waals surface area contributed by atoms with Crippen LogP contribution in [0.3, 0.4) is 0 Å². The molecule has 210 valence electrons. The van der Waals surface area contributed by atoms with Gasteiger partial charge in [-0.1, -0.05) is 89.5 Å². The average Bonchev–Trinajstić information content (AvgIpc) is 3.17. The van der Waals surface area contributed by atoms with Crippen molar-refractivity contribution in [2.24, 2.45) is 0 Å². The first-order valence-electron chi connectivity index (χ1n) is 13.1. The monoisotopic (exact) mass is 561 g/mol. The number of benzene rings is 3. The van der Waals surface area contributed by atoms with Crippen LogP contribution >= 0.6 is 11.6 Å². The van der Waals surface area contributed by atoms with Crippen molar-refractivity contribution in [2.75, 3.05) is 19.1 Å². The van der Waals surface area contributed by atoms with Crippen LogP contribution in [0.4, 0.5) is 5.69 Å². The van der Waals surface area contributed by atoms with Crippen LogP contribution in [0.2, 0.25) is 5.02 Å². The van der Waals surface area contributed by atoms with E-state index in [9.17, 15) is 14.7 Å². The molecular formula is C33H36ClNO5. The molecule has 1 amide bonds. The number of amides is 1. The van der Waals surface area contributed by atoms with E-state index in [2.05, 4.69) is 41.5 Å². The maximum Gasteiger partial charge on any atom is 0.300 e. The molecule has 1 heterocycles. The van der Waals surface area contributed by atoms with Gasteiger partial charge in [-0.25, -0.2) is 0 Å². The van der Waals surface area contributed by atoms with Gasteiger partial charge in [0.15, 0.2) is 0 Å². The third-order valence-corrected chi connectivity index (χ3v) is 7.57. The quantitative estimate of drug-likeness (QED) is 0.197. The number of aliphatic hydroxyl groups is 1. The predicted molar refractivity (Wildman–Crippen MR) is 160 cm³/mol. The van der Waals surface area contributed by atoms with E-state index in [1.165, 1.54) is 31.3 Å². The number of carbonyl (C=O) groups excluding carboxylic acids is 2. The number of aliphatic hydroxyl groups excluding tert-OH is 1. The molecule has 0 spiro atoms.